The molecule has 0 aliphatic rings. The number of nitrogens with one attached hydrogen (secondary N) is 1. The van der Waals surface area contributed by atoms with Crippen LogP contribution >= 0.6 is 0 Å². The molecule has 21 heavy (non-hydrogen) atoms. The molecular formula is C14H18N2O4S. The number of aryl methyl sites for hydroxylation is 1. The molecule has 6 nitrogen and oxygen atoms in total. The Kier molecular flexibility index (Phi) is 4.29. The number of hydrogen-bond donors (Lipinski definition) is 3. The number of sulfonamides is 1. The first kappa shape index (κ1) is 15.8. The molecule has 0 saturated heterocycles. The van der Waals surface area contributed by atoms with Gasteiger partial charge in [0.05, 0.1) is 24.3 Å². The summed E-state index contributed by atoms with van der Waals surface area (Å²) in [7, 11) is -3.91. The third-order valence-electron chi connectivity index (χ3n) is 3.18. The molecule has 0 amide bonds. The zero-order chi connectivity index (χ0) is 15.7. The van der Waals surface area contributed by atoms with Crippen LogP contribution in [-0.2, 0) is 10.0 Å². The second-order valence-corrected chi connectivity index (χ2v) is 6.97. The Morgan fingerprint density at radius 3 is 2.57 bits per heavy atom. The largest absolute Gasteiger partial charge is 0.394 e. The molecule has 0 bridgehead atoms. The van der Waals surface area contributed by atoms with E-state index in [2.05, 4.69) is 9.71 Å². The highest BCUT2D eigenvalue weighted by molar-refractivity contribution is 7.89. The van der Waals surface area contributed by atoms with Crippen LogP contribution in [0.15, 0.2) is 35.4 Å². The van der Waals surface area contributed by atoms with Gasteiger partial charge >= 0.3 is 0 Å². The minimum absolute atomic E-state index is 0.0214. The van der Waals surface area contributed by atoms with Gasteiger partial charge in [0, 0.05) is 11.6 Å². The molecule has 0 unspecified atom stereocenters. The van der Waals surface area contributed by atoms with Gasteiger partial charge in [0.25, 0.3) is 0 Å². The van der Waals surface area contributed by atoms with Gasteiger partial charge in [0.2, 0.25) is 10.0 Å². The number of aromatic nitrogens is 1. The van der Waals surface area contributed by atoms with Gasteiger partial charge in [0.15, 0.2) is 0 Å². The molecular weight excluding hydrogens is 292 g/mol. The monoisotopic (exact) mass is 310 g/mol. The number of aliphatic hydroxyl groups is 2. The van der Waals surface area contributed by atoms with E-state index in [0.29, 0.717) is 10.9 Å². The first-order valence-electron chi connectivity index (χ1n) is 6.42. The van der Waals surface area contributed by atoms with Gasteiger partial charge in [-0.05, 0) is 31.5 Å². The molecule has 114 valence electrons. The van der Waals surface area contributed by atoms with Crippen molar-refractivity contribution in [3.05, 3.63) is 36.0 Å². The van der Waals surface area contributed by atoms with Gasteiger partial charge in [-0.1, -0.05) is 12.1 Å². The smallest absolute Gasteiger partial charge is 0.243 e. The number of aliphatic hydroxyl groups excluding tert-OH is 2. The predicted octanol–water partition coefficient (Wildman–Crippen LogP) is 0.565. The van der Waals surface area contributed by atoms with E-state index in [4.69, 9.17) is 0 Å². The van der Waals surface area contributed by atoms with Crippen molar-refractivity contribution in [3.8, 4) is 0 Å². The van der Waals surface area contributed by atoms with Crippen molar-refractivity contribution in [2.75, 3.05) is 13.2 Å². The van der Waals surface area contributed by atoms with Gasteiger partial charge < -0.3 is 10.2 Å². The van der Waals surface area contributed by atoms with Crippen LogP contribution in [0.25, 0.3) is 10.9 Å². The number of pyridine rings is 1. The summed E-state index contributed by atoms with van der Waals surface area (Å²) < 4.78 is 27.3. The SMILES string of the molecule is Cc1cnc2c(S(=O)(=O)NC(C)(CO)CO)cccc2c1. The van der Waals surface area contributed by atoms with Gasteiger partial charge in [-0.15, -0.1) is 0 Å². The van der Waals surface area contributed by atoms with E-state index in [-0.39, 0.29) is 4.90 Å². The average Bonchev–Trinajstić information content (AvgIpc) is 2.45. The normalized spacial score (nSPS) is 12.8. The summed E-state index contributed by atoms with van der Waals surface area (Å²) in [6, 6.07) is 6.71. The molecule has 2 aromatic rings. The minimum atomic E-state index is -3.91. The van der Waals surface area contributed by atoms with E-state index in [0.717, 1.165) is 5.56 Å². The van der Waals surface area contributed by atoms with Gasteiger partial charge in [0.1, 0.15) is 4.90 Å². The second kappa shape index (κ2) is 5.69. The molecule has 7 heteroatoms. The lowest BCUT2D eigenvalue weighted by Gasteiger charge is -2.26. The molecule has 2 rings (SSSR count). The average molecular weight is 310 g/mol. The van der Waals surface area contributed by atoms with Crippen LogP contribution in [0.1, 0.15) is 12.5 Å². The predicted molar refractivity (Wildman–Crippen MR) is 79.4 cm³/mol. The topological polar surface area (TPSA) is 99.5 Å². The van der Waals surface area contributed by atoms with E-state index in [1.54, 1.807) is 18.3 Å². The van der Waals surface area contributed by atoms with Crippen LogP contribution in [0.2, 0.25) is 0 Å². The van der Waals surface area contributed by atoms with Crippen LogP contribution in [0.3, 0.4) is 0 Å². The molecule has 0 atom stereocenters. The Hall–Kier alpha value is -1.54. The molecule has 0 saturated carbocycles. The van der Waals surface area contributed by atoms with E-state index < -0.39 is 28.8 Å². The van der Waals surface area contributed by atoms with Crippen molar-refractivity contribution in [2.24, 2.45) is 0 Å². The quantitative estimate of drug-likeness (QED) is 0.749. The Labute approximate surface area is 123 Å². The van der Waals surface area contributed by atoms with Crippen LogP contribution < -0.4 is 4.72 Å². The Morgan fingerprint density at radius 2 is 1.95 bits per heavy atom. The second-order valence-electron chi connectivity index (χ2n) is 5.32. The summed E-state index contributed by atoms with van der Waals surface area (Å²) >= 11 is 0. The number of nitrogens with zero attached hydrogens (tertiary/aromatic N) is 1. The molecule has 0 aliphatic heterocycles. The van der Waals surface area contributed by atoms with E-state index >= 15 is 0 Å². The van der Waals surface area contributed by atoms with Crippen LogP contribution in [0.4, 0.5) is 0 Å². The van der Waals surface area contributed by atoms with Gasteiger partial charge in [-0.25, -0.2) is 13.1 Å². The highest BCUT2D eigenvalue weighted by atomic mass is 32.2. The lowest BCUT2D eigenvalue weighted by molar-refractivity contribution is 0.122. The van der Waals surface area contributed by atoms with Crippen molar-refractivity contribution in [1.29, 1.82) is 0 Å². The summed E-state index contributed by atoms with van der Waals surface area (Å²) in [6.07, 6.45) is 1.60. The fourth-order valence-corrected chi connectivity index (χ4v) is 3.52. The summed E-state index contributed by atoms with van der Waals surface area (Å²) in [5.74, 6) is 0. The lowest BCUT2D eigenvalue weighted by Crippen LogP contribution is -2.51. The summed E-state index contributed by atoms with van der Waals surface area (Å²) in [5.41, 5.74) is -0.0412. The first-order chi connectivity index (χ1) is 9.81. The molecule has 3 N–H and O–H groups in total. The summed E-state index contributed by atoms with van der Waals surface area (Å²) in [5, 5.41) is 19.2. The Morgan fingerprint density at radius 1 is 1.29 bits per heavy atom. The number of fused-ring (bicyclic) bond motifs is 1. The molecule has 0 spiro atoms. The van der Waals surface area contributed by atoms with Crippen LogP contribution in [0.5, 0.6) is 0 Å². The van der Waals surface area contributed by atoms with E-state index in [9.17, 15) is 18.6 Å². The van der Waals surface area contributed by atoms with Crippen molar-refractivity contribution in [1.82, 2.24) is 9.71 Å². The standard InChI is InChI=1S/C14H18N2O4S/c1-10-6-11-4-3-5-12(13(11)15-7-10)21(19,20)16-14(2,8-17)9-18/h3-7,16-18H,8-9H2,1-2H3. The summed E-state index contributed by atoms with van der Waals surface area (Å²) in [6.45, 7) is 2.27. The van der Waals surface area contributed by atoms with E-state index in [1.165, 1.54) is 13.0 Å². The van der Waals surface area contributed by atoms with Crippen LogP contribution in [-0.4, -0.2) is 42.4 Å². The van der Waals surface area contributed by atoms with Gasteiger partial charge in [-0.2, -0.15) is 0 Å². The molecule has 0 fully saturated rings. The molecule has 0 aliphatic carbocycles. The zero-order valence-electron chi connectivity index (χ0n) is 11.9. The highest BCUT2D eigenvalue weighted by Gasteiger charge is 2.30. The molecule has 1 aromatic carbocycles. The first-order valence-corrected chi connectivity index (χ1v) is 7.91. The summed E-state index contributed by atoms with van der Waals surface area (Å²) in [4.78, 5) is 4.21. The third kappa shape index (κ3) is 3.21. The number of rotatable bonds is 5. The van der Waals surface area contributed by atoms with Crippen molar-refractivity contribution < 1.29 is 18.6 Å². The maximum absolute atomic E-state index is 12.5. The lowest BCUT2D eigenvalue weighted by atomic mass is 10.1. The minimum Gasteiger partial charge on any atom is -0.394 e. The number of hydrogen-bond acceptors (Lipinski definition) is 5. The fraction of sp³-hybridized carbons (Fsp3) is 0.357. The number of benzene rings is 1. The van der Waals surface area contributed by atoms with Crippen LogP contribution in [0, 0.1) is 6.92 Å². The third-order valence-corrected chi connectivity index (χ3v) is 4.85. The maximum atomic E-state index is 12.5. The fourth-order valence-electron chi connectivity index (χ4n) is 1.95. The molecule has 1 aromatic heterocycles. The van der Waals surface area contributed by atoms with Crippen molar-refractivity contribution in [3.63, 3.8) is 0 Å². The Bertz CT molecular complexity index is 755. The Balaban J connectivity index is 2.55. The molecule has 1 heterocycles. The van der Waals surface area contributed by atoms with Crippen molar-refractivity contribution >= 4 is 20.9 Å². The van der Waals surface area contributed by atoms with Gasteiger partial charge in [-0.3, -0.25) is 4.98 Å². The van der Waals surface area contributed by atoms with Crippen molar-refractivity contribution in [2.45, 2.75) is 24.3 Å². The zero-order valence-corrected chi connectivity index (χ0v) is 12.7. The van der Waals surface area contributed by atoms with E-state index in [1.807, 2.05) is 13.0 Å². The highest BCUT2D eigenvalue weighted by Crippen LogP contribution is 2.22. The molecule has 0 radical (unpaired) electrons. The number of para-hydroxylation sites is 1. The maximum Gasteiger partial charge on any atom is 0.243 e.